The maximum atomic E-state index is 5.18. The molecule has 6 heteroatoms. The van der Waals surface area contributed by atoms with Gasteiger partial charge in [0.1, 0.15) is 5.82 Å². The number of nitrogens with one attached hydrogen (secondary N) is 2. The molecule has 0 aliphatic carbocycles. The third-order valence-corrected chi connectivity index (χ3v) is 3.12. The Kier molecular flexibility index (Phi) is 4.70. The summed E-state index contributed by atoms with van der Waals surface area (Å²) >= 11 is 3.43. The molecule has 0 aliphatic rings. The van der Waals surface area contributed by atoms with Gasteiger partial charge in [0.25, 0.3) is 0 Å². The third kappa shape index (κ3) is 3.42. The molecule has 1 aromatic heterocycles. The van der Waals surface area contributed by atoms with Crippen LogP contribution in [-0.4, -0.2) is 24.1 Å². The van der Waals surface area contributed by atoms with E-state index in [1.807, 2.05) is 24.3 Å². The molecule has 0 atom stereocenters. The van der Waals surface area contributed by atoms with Crippen LogP contribution in [0, 0.1) is 0 Å². The minimum Gasteiger partial charge on any atom is -0.380 e. The van der Waals surface area contributed by atoms with E-state index >= 15 is 0 Å². The van der Waals surface area contributed by atoms with Crippen LogP contribution >= 0.6 is 15.9 Å². The van der Waals surface area contributed by atoms with E-state index in [-0.39, 0.29) is 0 Å². The molecule has 0 unspecified atom stereocenters. The van der Waals surface area contributed by atoms with E-state index < -0.39 is 0 Å². The quantitative estimate of drug-likeness (QED) is 0.885. The van der Waals surface area contributed by atoms with Gasteiger partial charge in [0, 0.05) is 31.6 Å². The molecular formula is C13H15BrN4O. The SMILES string of the molecule is CNc1ncc(Br)c(Nc2ccccc2COC)n1. The number of hydrogen-bond acceptors (Lipinski definition) is 5. The Bertz CT molecular complexity index is 562. The second kappa shape index (κ2) is 6.49. The molecular weight excluding hydrogens is 308 g/mol. The molecule has 0 radical (unpaired) electrons. The van der Waals surface area contributed by atoms with Gasteiger partial charge in [-0.05, 0) is 22.0 Å². The van der Waals surface area contributed by atoms with Gasteiger partial charge in [-0.2, -0.15) is 4.98 Å². The van der Waals surface area contributed by atoms with Crippen LogP contribution in [0.5, 0.6) is 0 Å². The molecule has 100 valence electrons. The van der Waals surface area contributed by atoms with Crippen LogP contribution in [-0.2, 0) is 11.3 Å². The van der Waals surface area contributed by atoms with Crippen molar-refractivity contribution < 1.29 is 4.74 Å². The fraction of sp³-hybridized carbons (Fsp3) is 0.231. The van der Waals surface area contributed by atoms with Crippen molar-refractivity contribution in [3.05, 3.63) is 40.5 Å². The Hall–Kier alpha value is -1.66. The van der Waals surface area contributed by atoms with Crippen LogP contribution in [0.2, 0.25) is 0 Å². The van der Waals surface area contributed by atoms with Crippen molar-refractivity contribution in [3.63, 3.8) is 0 Å². The lowest BCUT2D eigenvalue weighted by atomic mass is 10.2. The highest BCUT2D eigenvalue weighted by Crippen LogP contribution is 2.26. The predicted octanol–water partition coefficient (Wildman–Crippen LogP) is 3.17. The first-order valence-corrected chi connectivity index (χ1v) is 6.58. The lowest BCUT2D eigenvalue weighted by Gasteiger charge is -2.12. The highest BCUT2D eigenvalue weighted by molar-refractivity contribution is 9.10. The lowest BCUT2D eigenvalue weighted by Crippen LogP contribution is -2.03. The van der Waals surface area contributed by atoms with Crippen molar-refractivity contribution >= 4 is 33.4 Å². The van der Waals surface area contributed by atoms with E-state index in [1.165, 1.54) is 0 Å². The summed E-state index contributed by atoms with van der Waals surface area (Å²) in [6.45, 7) is 0.546. The van der Waals surface area contributed by atoms with Crippen molar-refractivity contribution in [1.29, 1.82) is 0 Å². The molecule has 1 heterocycles. The number of anilines is 3. The van der Waals surface area contributed by atoms with E-state index in [9.17, 15) is 0 Å². The second-order valence-electron chi connectivity index (χ2n) is 3.86. The van der Waals surface area contributed by atoms with Crippen LogP contribution < -0.4 is 10.6 Å². The summed E-state index contributed by atoms with van der Waals surface area (Å²) in [6.07, 6.45) is 1.71. The Morgan fingerprint density at radius 3 is 2.84 bits per heavy atom. The zero-order valence-corrected chi connectivity index (χ0v) is 12.4. The van der Waals surface area contributed by atoms with Gasteiger partial charge in [0.05, 0.1) is 11.1 Å². The van der Waals surface area contributed by atoms with Gasteiger partial charge in [-0.3, -0.25) is 0 Å². The molecule has 0 aliphatic heterocycles. The second-order valence-corrected chi connectivity index (χ2v) is 4.71. The molecule has 0 amide bonds. The molecule has 0 bridgehead atoms. The number of hydrogen-bond donors (Lipinski definition) is 2. The Labute approximate surface area is 120 Å². The largest absolute Gasteiger partial charge is 0.380 e. The molecule has 2 rings (SSSR count). The van der Waals surface area contributed by atoms with E-state index in [0.717, 1.165) is 15.7 Å². The minimum absolute atomic E-state index is 0.546. The Morgan fingerprint density at radius 1 is 1.32 bits per heavy atom. The van der Waals surface area contributed by atoms with E-state index in [4.69, 9.17) is 4.74 Å². The van der Waals surface area contributed by atoms with Gasteiger partial charge in [-0.25, -0.2) is 4.98 Å². The monoisotopic (exact) mass is 322 g/mol. The van der Waals surface area contributed by atoms with Gasteiger partial charge >= 0.3 is 0 Å². The molecule has 5 nitrogen and oxygen atoms in total. The zero-order valence-electron chi connectivity index (χ0n) is 10.8. The van der Waals surface area contributed by atoms with Gasteiger partial charge < -0.3 is 15.4 Å². The van der Waals surface area contributed by atoms with Crippen LogP contribution in [0.1, 0.15) is 5.56 Å². The van der Waals surface area contributed by atoms with Crippen molar-refractivity contribution in [1.82, 2.24) is 9.97 Å². The third-order valence-electron chi connectivity index (χ3n) is 2.54. The Morgan fingerprint density at radius 2 is 2.11 bits per heavy atom. The molecule has 0 saturated heterocycles. The molecule has 0 saturated carbocycles. The number of para-hydroxylation sites is 1. The number of halogens is 1. The molecule has 0 spiro atoms. The van der Waals surface area contributed by atoms with Crippen molar-refractivity contribution in [2.24, 2.45) is 0 Å². The van der Waals surface area contributed by atoms with Crippen LogP contribution in [0.3, 0.4) is 0 Å². The first-order chi connectivity index (χ1) is 9.24. The standard InChI is InChI=1S/C13H15BrN4O/c1-15-13-16-7-10(14)12(18-13)17-11-6-4-3-5-9(11)8-19-2/h3-7H,8H2,1-2H3,(H2,15,16,17,18). The van der Waals surface area contributed by atoms with Crippen LogP contribution in [0.4, 0.5) is 17.5 Å². The molecule has 0 fully saturated rings. The van der Waals surface area contributed by atoms with Gasteiger partial charge in [-0.15, -0.1) is 0 Å². The number of ether oxygens (including phenoxy) is 1. The van der Waals surface area contributed by atoms with Crippen LogP contribution in [0.15, 0.2) is 34.9 Å². The first-order valence-electron chi connectivity index (χ1n) is 5.78. The summed E-state index contributed by atoms with van der Waals surface area (Å²) in [5, 5.41) is 6.19. The normalized spacial score (nSPS) is 10.3. The number of aromatic nitrogens is 2. The van der Waals surface area contributed by atoms with E-state index in [1.54, 1.807) is 20.4 Å². The summed E-state index contributed by atoms with van der Waals surface area (Å²) in [6, 6.07) is 7.95. The van der Waals surface area contributed by atoms with Gasteiger partial charge in [-0.1, -0.05) is 18.2 Å². The van der Waals surface area contributed by atoms with E-state index in [0.29, 0.717) is 18.4 Å². The summed E-state index contributed by atoms with van der Waals surface area (Å²) in [7, 11) is 3.46. The molecule has 2 aromatic rings. The van der Waals surface area contributed by atoms with Gasteiger partial charge in [0.15, 0.2) is 0 Å². The lowest BCUT2D eigenvalue weighted by molar-refractivity contribution is 0.185. The van der Waals surface area contributed by atoms with Crippen molar-refractivity contribution in [2.75, 3.05) is 24.8 Å². The molecule has 1 aromatic carbocycles. The maximum absolute atomic E-state index is 5.18. The maximum Gasteiger partial charge on any atom is 0.224 e. The Balaban J connectivity index is 2.30. The zero-order chi connectivity index (χ0) is 13.7. The summed E-state index contributed by atoms with van der Waals surface area (Å²) < 4.78 is 5.99. The molecule has 2 N–H and O–H groups in total. The summed E-state index contributed by atoms with van der Waals surface area (Å²) in [5.74, 6) is 1.28. The van der Waals surface area contributed by atoms with Gasteiger partial charge in [0.2, 0.25) is 5.95 Å². The fourth-order valence-electron chi connectivity index (χ4n) is 1.63. The highest BCUT2D eigenvalue weighted by Gasteiger charge is 2.07. The average molecular weight is 323 g/mol. The highest BCUT2D eigenvalue weighted by atomic mass is 79.9. The smallest absolute Gasteiger partial charge is 0.224 e. The molecule has 19 heavy (non-hydrogen) atoms. The topological polar surface area (TPSA) is 59.1 Å². The van der Waals surface area contributed by atoms with Crippen molar-refractivity contribution in [3.8, 4) is 0 Å². The van der Waals surface area contributed by atoms with Crippen molar-refractivity contribution in [2.45, 2.75) is 6.61 Å². The van der Waals surface area contributed by atoms with Crippen LogP contribution in [0.25, 0.3) is 0 Å². The first kappa shape index (κ1) is 13.8. The summed E-state index contributed by atoms with van der Waals surface area (Å²) in [4.78, 5) is 8.49. The number of nitrogens with zero attached hydrogens (tertiary/aromatic N) is 2. The minimum atomic E-state index is 0.546. The summed E-state index contributed by atoms with van der Waals surface area (Å²) in [5.41, 5.74) is 2.03. The fourth-order valence-corrected chi connectivity index (χ4v) is 1.92. The number of methoxy groups -OCH3 is 1. The van der Waals surface area contributed by atoms with E-state index in [2.05, 4.69) is 36.5 Å². The predicted molar refractivity (Wildman–Crippen MR) is 79.7 cm³/mol. The number of rotatable bonds is 5. The average Bonchev–Trinajstić information content (AvgIpc) is 2.43. The number of benzene rings is 1.